The summed E-state index contributed by atoms with van der Waals surface area (Å²) in [6.07, 6.45) is -0.614. The van der Waals surface area contributed by atoms with Crippen LogP contribution in [0.3, 0.4) is 0 Å². The zero-order chi connectivity index (χ0) is 35.2. The third-order valence-corrected chi connectivity index (χ3v) is 7.26. The summed E-state index contributed by atoms with van der Waals surface area (Å²) >= 11 is 0. The maximum atomic E-state index is 13.3. The molecule has 13 nitrogen and oxygen atoms in total. The van der Waals surface area contributed by atoms with E-state index in [1.807, 2.05) is 4.90 Å². The molecule has 0 unspecified atom stereocenters. The van der Waals surface area contributed by atoms with Gasteiger partial charge < -0.3 is 28.9 Å². The smallest absolute Gasteiger partial charge is 0.410 e. The summed E-state index contributed by atoms with van der Waals surface area (Å²) < 4.78 is 17.0. The molecule has 1 fully saturated rings. The van der Waals surface area contributed by atoms with Crippen LogP contribution in [0.5, 0.6) is 0 Å². The lowest BCUT2D eigenvalue weighted by Crippen LogP contribution is -2.49. The molecule has 0 aromatic heterocycles. The van der Waals surface area contributed by atoms with E-state index in [2.05, 4.69) is 0 Å². The molecular weight excluding hydrogens is 606 g/mol. The number of imide groups is 1. The summed E-state index contributed by atoms with van der Waals surface area (Å²) in [6, 6.07) is 6.73. The molecule has 0 bridgehead atoms. The molecule has 1 saturated heterocycles. The van der Waals surface area contributed by atoms with Gasteiger partial charge in [0.1, 0.15) is 16.8 Å². The predicted molar refractivity (Wildman–Crippen MR) is 176 cm³/mol. The van der Waals surface area contributed by atoms with E-state index < -0.39 is 35.1 Å². The monoisotopic (exact) mass is 659 g/mol. The highest BCUT2D eigenvalue weighted by molar-refractivity contribution is 6.21. The average Bonchev–Trinajstić information content (AvgIpc) is 3.16. The van der Waals surface area contributed by atoms with Crippen LogP contribution in [-0.2, 0) is 14.2 Å². The van der Waals surface area contributed by atoms with Crippen molar-refractivity contribution in [1.82, 2.24) is 24.5 Å². The minimum absolute atomic E-state index is 0.0212. The molecule has 2 aliphatic heterocycles. The molecule has 0 atom stereocenters. The Labute approximate surface area is 279 Å². The van der Waals surface area contributed by atoms with Gasteiger partial charge in [-0.05, 0) is 87.3 Å². The van der Waals surface area contributed by atoms with Crippen molar-refractivity contribution >= 4 is 30.1 Å². The van der Waals surface area contributed by atoms with E-state index >= 15 is 0 Å². The molecule has 0 aliphatic carbocycles. The van der Waals surface area contributed by atoms with Crippen molar-refractivity contribution in [2.24, 2.45) is 0 Å². The molecule has 262 valence electrons. The van der Waals surface area contributed by atoms with Crippen molar-refractivity contribution in [3.05, 3.63) is 35.4 Å². The van der Waals surface area contributed by atoms with E-state index in [1.165, 1.54) is 4.90 Å². The summed E-state index contributed by atoms with van der Waals surface area (Å²) in [7, 11) is 0. The fraction of sp³-hybridized carbons (Fsp3) is 0.676. The van der Waals surface area contributed by atoms with Crippen LogP contribution < -0.4 is 0 Å². The first kappa shape index (κ1) is 37.6. The Kier molecular flexibility index (Phi) is 12.3. The molecule has 2 aliphatic rings. The number of fused-ring (bicyclic) bond motifs is 1. The number of amides is 5. The molecule has 0 N–H and O–H groups in total. The number of hydrogen-bond acceptors (Lipinski definition) is 9. The fourth-order valence-electron chi connectivity index (χ4n) is 5.12. The fourth-order valence-corrected chi connectivity index (χ4v) is 5.12. The van der Waals surface area contributed by atoms with Crippen LogP contribution in [0.2, 0.25) is 0 Å². The van der Waals surface area contributed by atoms with Crippen molar-refractivity contribution in [3.63, 3.8) is 0 Å². The van der Waals surface area contributed by atoms with E-state index in [0.717, 1.165) is 0 Å². The maximum Gasteiger partial charge on any atom is 0.410 e. The third kappa shape index (κ3) is 11.7. The van der Waals surface area contributed by atoms with Crippen LogP contribution >= 0.6 is 0 Å². The van der Waals surface area contributed by atoms with Crippen LogP contribution in [0.25, 0.3) is 0 Å². The normalized spacial score (nSPS) is 18.1. The standard InChI is InChI=1S/C34H53N5O8/c1-32(2,3)45-29(42)36-18-13-19-38(31(44)47-34(7,8)9)23-22-37(30(43)46-33(4,5)6)17-12-16-35(20-21-36)24-39-27(40)25-14-10-11-15-26(25)28(39)41/h10-11,14-15H,12-13,16-24H2,1-9H3. The van der Waals surface area contributed by atoms with Crippen LogP contribution in [-0.4, -0.2) is 130 Å². The van der Waals surface area contributed by atoms with E-state index in [9.17, 15) is 24.0 Å². The molecule has 0 radical (unpaired) electrons. The van der Waals surface area contributed by atoms with Crippen LogP contribution in [0.15, 0.2) is 24.3 Å². The van der Waals surface area contributed by atoms with Gasteiger partial charge >= 0.3 is 18.3 Å². The predicted octanol–water partition coefficient (Wildman–Crippen LogP) is 5.05. The molecule has 13 heteroatoms. The topological polar surface area (TPSA) is 129 Å². The number of rotatable bonds is 2. The van der Waals surface area contributed by atoms with Gasteiger partial charge in [0.05, 0.1) is 17.8 Å². The van der Waals surface area contributed by atoms with E-state index in [4.69, 9.17) is 14.2 Å². The molecule has 47 heavy (non-hydrogen) atoms. The highest BCUT2D eigenvalue weighted by atomic mass is 16.6. The number of ether oxygens (including phenoxy) is 3. The maximum absolute atomic E-state index is 13.3. The lowest BCUT2D eigenvalue weighted by Gasteiger charge is -2.34. The lowest BCUT2D eigenvalue weighted by molar-refractivity contribution is 0.00932. The van der Waals surface area contributed by atoms with Gasteiger partial charge in [-0.25, -0.2) is 14.4 Å². The van der Waals surface area contributed by atoms with Crippen LogP contribution in [0.1, 0.15) is 95.9 Å². The second kappa shape index (κ2) is 15.4. The quantitative estimate of drug-likeness (QED) is 0.317. The van der Waals surface area contributed by atoms with E-state index in [1.54, 1.807) is 101 Å². The number of carbonyl (C=O) groups excluding carboxylic acids is 5. The highest BCUT2D eigenvalue weighted by Crippen LogP contribution is 2.23. The van der Waals surface area contributed by atoms with E-state index in [0.29, 0.717) is 43.6 Å². The van der Waals surface area contributed by atoms with Gasteiger partial charge in [-0.15, -0.1) is 0 Å². The zero-order valence-corrected chi connectivity index (χ0v) is 29.6. The van der Waals surface area contributed by atoms with Crippen molar-refractivity contribution in [2.75, 3.05) is 59.0 Å². The highest BCUT2D eigenvalue weighted by Gasteiger charge is 2.36. The number of benzene rings is 1. The molecular formula is C34H53N5O8. The van der Waals surface area contributed by atoms with Gasteiger partial charge in [0.2, 0.25) is 0 Å². The van der Waals surface area contributed by atoms with Crippen molar-refractivity contribution in [3.8, 4) is 0 Å². The zero-order valence-electron chi connectivity index (χ0n) is 29.6. The molecule has 3 rings (SSSR count). The summed E-state index contributed by atoms with van der Waals surface area (Å²) in [5.41, 5.74) is -1.43. The van der Waals surface area contributed by atoms with Crippen molar-refractivity contribution in [2.45, 2.75) is 92.0 Å². The Morgan fingerprint density at radius 2 is 0.894 bits per heavy atom. The van der Waals surface area contributed by atoms with Gasteiger partial charge in [0, 0.05) is 52.4 Å². The Balaban J connectivity index is 1.87. The van der Waals surface area contributed by atoms with Gasteiger partial charge in [-0.2, -0.15) is 0 Å². The molecule has 0 saturated carbocycles. The second-order valence-corrected chi connectivity index (χ2v) is 15.0. The summed E-state index contributed by atoms with van der Waals surface area (Å²) in [6.45, 7) is 18.4. The Bertz CT molecular complexity index is 1260. The Morgan fingerprint density at radius 3 is 1.26 bits per heavy atom. The molecule has 1 aromatic carbocycles. The van der Waals surface area contributed by atoms with Gasteiger partial charge in [-0.1, -0.05) is 12.1 Å². The SMILES string of the molecule is CC(C)(C)OC(=O)N1CCCN(C(=O)OC(C)(C)C)CCN(C(=O)OC(C)(C)C)CCCN(CN2C(=O)c3ccccc3C2=O)CC1. The van der Waals surface area contributed by atoms with E-state index in [-0.39, 0.29) is 51.2 Å². The van der Waals surface area contributed by atoms with Gasteiger partial charge in [0.25, 0.3) is 11.8 Å². The first-order valence-corrected chi connectivity index (χ1v) is 16.4. The van der Waals surface area contributed by atoms with Crippen LogP contribution in [0.4, 0.5) is 14.4 Å². The van der Waals surface area contributed by atoms with Crippen molar-refractivity contribution in [1.29, 1.82) is 0 Å². The molecule has 0 spiro atoms. The first-order valence-electron chi connectivity index (χ1n) is 16.4. The largest absolute Gasteiger partial charge is 0.444 e. The number of hydrogen-bond donors (Lipinski definition) is 0. The second-order valence-electron chi connectivity index (χ2n) is 15.0. The Hall–Kier alpha value is -3.87. The summed E-state index contributed by atoms with van der Waals surface area (Å²) in [4.78, 5) is 74.0. The average molecular weight is 660 g/mol. The minimum Gasteiger partial charge on any atom is -0.444 e. The van der Waals surface area contributed by atoms with Crippen molar-refractivity contribution < 1.29 is 38.2 Å². The Morgan fingerprint density at radius 1 is 0.553 bits per heavy atom. The number of nitrogens with zero attached hydrogens (tertiary/aromatic N) is 5. The minimum atomic E-state index is -0.719. The lowest BCUT2D eigenvalue weighted by atomic mass is 10.1. The molecule has 5 amide bonds. The van der Waals surface area contributed by atoms with Gasteiger partial charge in [-0.3, -0.25) is 19.4 Å². The van der Waals surface area contributed by atoms with Crippen LogP contribution in [0, 0.1) is 0 Å². The molecule has 1 aromatic rings. The first-order chi connectivity index (χ1) is 21.7. The third-order valence-electron chi connectivity index (χ3n) is 7.26. The number of carbonyl (C=O) groups is 5. The summed E-state index contributed by atoms with van der Waals surface area (Å²) in [5.74, 6) is -0.738. The molecule has 2 heterocycles. The van der Waals surface area contributed by atoms with Gasteiger partial charge in [0.15, 0.2) is 0 Å². The summed E-state index contributed by atoms with van der Waals surface area (Å²) in [5, 5.41) is 0.